The molecule has 5 heteroatoms. The molecule has 0 radical (unpaired) electrons. The zero-order chi connectivity index (χ0) is 13.7. The summed E-state index contributed by atoms with van der Waals surface area (Å²) >= 11 is 1.97. The Morgan fingerprint density at radius 2 is 2.32 bits per heavy atom. The van der Waals surface area contributed by atoms with Crippen LogP contribution < -0.4 is 5.32 Å². The van der Waals surface area contributed by atoms with Crippen molar-refractivity contribution in [2.45, 2.75) is 25.8 Å². The third-order valence-corrected chi connectivity index (χ3v) is 4.73. The number of hydrogen-bond acceptors (Lipinski definition) is 4. The predicted molar refractivity (Wildman–Crippen MR) is 79.7 cm³/mol. The normalized spacial score (nSPS) is 22.6. The Labute approximate surface area is 118 Å². The van der Waals surface area contributed by atoms with Gasteiger partial charge >= 0.3 is 0 Å². The number of nitrogens with zero attached hydrogens (tertiary/aromatic N) is 1. The monoisotopic (exact) mass is 280 g/mol. The molecule has 0 bridgehead atoms. The van der Waals surface area contributed by atoms with Gasteiger partial charge in [-0.15, -0.1) is 0 Å². The molecule has 1 saturated heterocycles. The Morgan fingerprint density at radius 3 is 3.05 bits per heavy atom. The van der Waals surface area contributed by atoms with Crippen molar-refractivity contribution in [2.75, 3.05) is 18.1 Å². The molecule has 0 aromatic heterocycles. The molecule has 1 aromatic carbocycles. The first-order chi connectivity index (χ1) is 9.20. The second-order valence-electron chi connectivity index (χ2n) is 4.99. The molecule has 1 heterocycles. The fourth-order valence-corrected chi connectivity index (χ4v) is 3.89. The maximum atomic E-state index is 10.8. The van der Waals surface area contributed by atoms with Crippen molar-refractivity contribution >= 4 is 17.4 Å². The molecule has 104 valence electrons. The van der Waals surface area contributed by atoms with Gasteiger partial charge in [-0.1, -0.05) is 19.1 Å². The van der Waals surface area contributed by atoms with Crippen LogP contribution in [0.15, 0.2) is 24.3 Å². The van der Waals surface area contributed by atoms with Gasteiger partial charge in [0.25, 0.3) is 5.69 Å². The Balaban J connectivity index is 1.99. The van der Waals surface area contributed by atoms with E-state index in [-0.39, 0.29) is 10.6 Å². The molecule has 0 aliphatic carbocycles. The quantitative estimate of drug-likeness (QED) is 0.643. The highest BCUT2D eigenvalue weighted by Crippen LogP contribution is 2.28. The molecule has 0 spiro atoms. The first kappa shape index (κ1) is 14.3. The second-order valence-corrected chi connectivity index (χ2v) is 6.06. The summed E-state index contributed by atoms with van der Waals surface area (Å²) in [5, 5.41) is 14.4. The lowest BCUT2D eigenvalue weighted by Crippen LogP contribution is -2.36. The van der Waals surface area contributed by atoms with Gasteiger partial charge in [0.2, 0.25) is 0 Å². The Morgan fingerprint density at radius 1 is 1.47 bits per heavy atom. The van der Waals surface area contributed by atoms with Crippen LogP contribution in [0.1, 0.15) is 18.9 Å². The first-order valence-corrected chi connectivity index (χ1v) is 7.90. The number of nitro groups is 1. The number of nitro benzene ring substituents is 1. The summed E-state index contributed by atoms with van der Waals surface area (Å²) < 4.78 is 0. The van der Waals surface area contributed by atoms with E-state index in [9.17, 15) is 10.1 Å². The van der Waals surface area contributed by atoms with Gasteiger partial charge in [-0.25, -0.2) is 0 Å². The average Bonchev–Trinajstić information content (AvgIpc) is 2.84. The highest BCUT2D eigenvalue weighted by atomic mass is 32.2. The van der Waals surface area contributed by atoms with Crippen molar-refractivity contribution in [3.63, 3.8) is 0 Å². The fourth-order valence-electron chi connectivity index (χ4n) is 2.45. The van der Waals surface area contributed by atoms with Crippen molar-refractivity contribution < 1.29 is 4.92 Å². The molecule has 19 heavy (non-hydrogen) atoms. The van der Waals surface area contributed by atoms with Crippen molar-refractivity contribution in [2.24, 2.45) is 5.92 Å². The van der Waals surface area contributed by atoms with Crippen LogP contribution in [0.4, 0.5) is 5.69 Å². The largest absolute Gasteiger partial charge is 0.313 e. The molecule has 1 aromatic rings. The molecule has 1 aliphatic rings. The zero-order valence-electron chi connectivity index (χ0n) is 11.2. The van der Waals surface area contributed by atoms with E-state index < -0.39 is 0 Å². The van der Waals surface area contributed by atoms with Gasteiger partial charge in [-0.2, -0.15) is 11.8 Å². The van der Waals surface area contributed by atoms with E-state index in [0.717, 1.165) is 36.5 Å². The number of thioether (sulfide) groups is 1. The van der Waals surface area contributed by atoms with Gasteiger partial charge < -0.3 is 5.32 Å². The average molecular weight is 280 g/mol. The molecule has 4 nitrogen and oxygen atoms in total. The molecular weight excluding hydrogens is 260 g/mol. The summed E-state index contributed by atoms with van der Waals surface area (Å²) in [7, 11) is 0. The van der Waals surface area contributed by atoms with Gasteiger partial charge in [-0.3, -0.25) is 10.1 Å². The minimum atomic E-state index is -0.320. The number of hydrogen-bond donors (Lipinski definition) is 1. The maximum absolute atomic E-state index is 10.8. The van der Waals surface area contributed by atoms with Crippen LogP contribution in [0.25, 0.3) is 0 Å². The van der Waals surface area contributed by atoms with Crippen LogP contribution in [0.5, 0.6) is 0 Å². The topological polar surface area (TPSA) is 55.2 Å². The number of non-ortho nitro benzene ring substituents is 1. The SMILES string of the molecule is CCCNC1CSCC1Cc1cccc([N+](=O)[O-])c1. The molecular formula is C14H20N2O2S. The highest BCUT2D eigenvalue weighted by molar-refractivity contribution is 7.99. The van der Waals surface area contributed by atoms with E-state index in [1.807, 2.05) is 17.8 Å². The van der Waals surface area contributed by atoms with Gasteiger partial charge in [0.1, 0.15) is 0 Å². The van der Waals surface area contributed by atoms with Crippen LogP contribution in [0, 0.1) is 16.0 Å². The third-order valence-electron chi connectivity index (χ3n) is 3.47. The Kier molecular flexibility index (Phi) is 5.22. The van der Waals surface area contributed by atoms with Crippen LogP contribution in [0.2, 0.25) is 0 Å². The van der Waals surface area contributed by atoms with E-state index in [0.29, 0.717) is 12.0 Å². The standard InChI is InChI=1S/C14H20N2O2S/c1-2-6-15-14-10-19-9-12(14)7-11-4-3-5-13(8-11)16(17)18/h3-5,8,12,14-15H,2,6-7,9-10H2,1H3. The van der Waals surface area contributed by atoms with E-state index in [4.69, 9.17) is 0 Å². The third kappa shape index (κ3) is 3.94. The molecule has 1 N–H and O–H groups in total. The minimum absolute atomic E-state index is 0.196. The molecule has 0 amide bonds. The van der Waals surface area contributed by atoms with Gasteiger partial charge in [0.05, 0.1) is 4.92 Å². The first-order valence-electron chi connectivity index (χ1n) is 6.75. The summed E-state index contributed by atoms with van der Waals surface area (Å²) in [6.45, 7) is 3.22. The molecule has 0 saturated carbocycles. The van der Waals surface area contributed by atoms with Crippen LogP contribution in [0.3, 0.4) is 0 Å². The highest BCUT2D eigenvalue weighted by Gasteiger charge is 2.27. The Hall–Kier alpha value is -1.07. The van der Waals surface area contributed by atoms with Crippen molar-refractivity contribution in [1.29, 1.82) is 0 Å². The van der Waals surface area contributed by atoms with Gasteiger partial charge in [0, 0.05) is 23.9 Å². The van der Waals surface area contributed by atoms with E-state index >= 15 is 0 Å². The summed E-state index contributed by atoms with van der Waals surface area (Å²) in [4.78, 5) is 10.5. The number of rotatable bonds is 6. The molecule has 2 rings (SSSR count). The predicted octanol–water partition coefficient (Wildman–Crippen LogP) is 2.87. The summed E-state index contributed by atoms with van der Waals surface area (Å²) in [6.07, 6.45) is 2.07. The number of nitrogens with one attached hydrogen (secondary N) is 1. The van der Waals surface area contributed by atoms with E-state index in [1.165, 1.54) is 0 Å². The lowest BCUT2D eigenvalue weighted by molar-refractivity contribution is -0.384. The van der Waals surface area contributed by atoms with E-state index in [1.54, 1.807) is 18.2 Å². The number of benzene rings is 1. The second kappa shape index (κ2) is 6.91. The zero-order valence-corrected chi connectivity index (χ0v) is 12.0. The lowest BCUT2D eigenvalue weighted by atomic mass is 9.94. The molecule has 1 aliphatic heterocycles. The smallest absolute Gasteiger partial charge is 0.269 e. The fraction of sp³-hybridized carbons (Fsp3) is 0.571. The van der Waals surface area contributed by atoms with Crippen molar-refractivity contribution in [1.82, 2.24) is 5.32 Å². The summed E-state index contributed by atoms with van der Waals surface area (Å²) in [6, 6.07) is 7.58. The van der Waals surface area contributed by atoms with Gasteiger partial charge in [0.15, 0.2) is 0 Å². The van der Waals surface area contributed by atoms with Crippen LogP contribution in [-0.2, 0) is 6.42 Å². The minimum Gasteiger partial charge on any atom is -0.313 e. The summed E-state index contributed by atoms with van der Waals surface area (Å²) in [5.74, 6) is 2.88. The Bertz CT molecular complexity index is 439. The molecule has 2 atom stereocenters. The van der Waals surface area contributed by atoms with Gasteiger partial charge in [-0.05, 0) is 36.6 Å². The van der Waals surface area contributed by atoms with Crippen LogP contribution >= 0.6 is 11.8 Å². The molecule has 2 unspecified atom stereocenters. The maximum Gasteiger partial charge on any atom is 0.269 e. The lowest BCUT2D eigenvalue weighted by Gasteiger charge is -2.20. The van der Waals surface area contributed by atoms with E-state index in [2.05, 4.69) is 12.2 Å². The van der Waals surface area contributed by atoms with Crippen LogP contribution in [-0.4, -0.2) is 29.0 Å². The molecule has 1 fully saturated rings. The summed E-state index contributed by atoms with van der Waals surface area (Å²) in [5.41, 5.74) is 1.27. The van der Waals surface area contributed by atoms with Crippen molar-refractivity contribution in [3.8, 4) is 0 Å². The van der Waals surface area contributed by atoms with Crippen molar-refractivity contribution in [3.05, 3.63) is 39.9 Å².